The van der Waals surface area contributed by atoms with E-state index in [-0.39, 0.29) is 0 Å². The molecule has 14 heavy (non-hydrogen) atoms. The molecular weight excluding hydrogens is 176 g/mol. The molecule has 0 aliphatic carbocycles. The van der Waals surface area contributed by atoms with Crippen molar-refractivity contribution in [2.45, 2.75) is 0 Å². The van der Waals surface area contributed by atoms with Crippen molar-refractivity contribution >= 4 is 12.1 Å². The van der Waals surface area contributed by atoms with Crippen molar-refractivity contribution < 1.29 is 4.79 Å². The lowest BCUT2D eigenvalue weighted by molar-refractivity contribution is -0.105. The fourth-order valence-corrected chi connectivity index (χ4v) is 1.30. The highest BCUT2D eigenvalue weighted by Gasteiger charge is 1.94. The van der Waals surface area contributed by atoms with E-state index in [0.29, 0.717) is 6.41 Å². The van der Waals surface area contributed by atoms with Crippen LogP contribution in [0.2, 0.25) is 0 Å². The first-order valence-corrected chi connectivity index (χ1v) is 4.34. The number of rotatable bonds is 3. The zero-order valence-electron chi connectivity index (χ0n) is 7.55. The van der Waals surface area contributed by atoms with Gasteiger partial charge in [-0.05, 0) is 36.4 Å². The molecule has 0 aliphatic rings. The lowest BCUT2D eigenvalue weighted by atomic mass is 10.3. The standard InChI is InChI=1S/C11H10N2O/c14-9-12-10-3-5-11(6-4-10)13-7-1-2-8-13/h1-9H,(H,12,14). The molecule has 2 aromatic rings. The van der Waals surface area contributed by atoms with Gasteiger partial charge in [-0.3, -0.25) is 4.79 Å². The average Bonchev–Trinajstić information content (AvgIpc) is 2.72. The Morgan fingerprint density at radius 2 is 1.71 bits per heavy atom. The smallest absolute Gasteiger partial charge is 0.211 e. The Labute approximate surface area is 82.0 Å². The monoisotopic (exact) mass is 186 g/mol. The Bertz CT molecular complexity index is 403. The fourth-order valence-electron chi connectivity index (χ4n) is 1.30. The van der Waals surface area contributed by atoms with Crippen LogP contribution in [0, 0.1) is 0 Å². The predicted octanol–water partition coefficient (Wildman–Crippen LogP) is 2.05. The molecule has 0 fully saturated rings. The highest BCUT2D eigenvalue weighted by Crippen LogP contribution is 2.12. The van der Waals surface area contributed by atoms with Crippen molar-refractivity contribution in [3.05, 3.63) is 48.8 Å². The van der Waals surface area contributed by atoms with Gasteiger partial charge in [-0.2, -0.15) is 0 Å². The molecule has 1 aromatic heterocycles. The van der Waals surface area contributed by atoms with E-state index in [1.807, 2.05) is 53.4 Å². The number of benzene rings is 1. The molecule has 0 bridgehead atoms. The van der Waals surface area contributed by atoms with Crippen molar-refractivity contribution in [2.75, 3.05) is 5.32 Å². The number of hydrogen-bond acceptors (Lipinski definition) is 1. The molecule has 2 rings (SSSR count). The van der Waals surface area contributed by atoms with Crippen molar-refractivity contribution in [1.29, 1.82) is 0 Å². The predicted molar refractivity (Wildman–Crippen MR) is 55.5 cm³/mol. The molecule has 0 unspecified atom stereocenters. The largest absolute Gasteiger partial charge is 0.329 e. The van der Waals surface area contributed by atoms with Crippen LogP contribution in [-0.4, -0.2) is 11.0 Å². The molecule has 1 N–H and O–H groups in total. The molecular formula is C11H10N2O. The third kappa shape index (κ3) is 1.66. The molecule has 0 saturated heterocycles. The Hall–Kier alpha value is -2.03. The molecule has 0 saturated carbocycles. The van der Waals surface area contributed by atoms with Crippen LogP contribution in [0.4, 0.5) is 5.69 Å². The van der Waals surface area contributed by atoms with Gasteiger partial charge >= 0.3 is 0 Å². The molecule has 70 valence electrons. The first-order valence-electron chi connectivity index (χ1n) is 4.34. The zero-order valence-corrected chi connectivity index (χ0v) is 7.55. The van der Waals surface area contributed by atoms with Gasteiger partial charge < -0.3 is 9.88 Å². The average molecular weight is 186 g/mol. The Kier molecular flexibility index (Phi) is 2.32. The third-order valence-electron chi connectivity index (χ3n) is 2.00. The second-order valence-electron chi connectivity index (χ2n) is 2.90. The van der Waals surface area contributed by atoms with E-state index in [0.717, 1.165) is 11.4 Å². The summed E-state index contributed by atoms with van der Waals surface area (Å²) < 4.78 is 2.00. The van der Waals surface area contributed by atoms with E-state index in [1.165, 1.54) is 0 Å². The molecule has 1 heterocycles. The summed E-state index contributed by atoms with van der Waals surface area (Å²) in [5.41, 5.74) is 1.88. The van der Waals surface area contributed by atoms with Crippen LogP contribution in [0.3, 0.4) is 0 Å². The van der Waals surface area contributed by atoms with Crippen LogP contribution < -0.4 is 5.32 Å². The normalized spacial score (nSPS) is 9.71. The minimum atomic E-state index is 0.671. The van der Waals surface area contributed by atoms with Crippen molar-refractivity contribution in [3.8, 4) is 5.69 Å². The number of nitrogens with zero attached hydrogens (tertiary/aromatic N) is 1. The van der Waals surface area contributed by atoms with Gasteiger partial charge in [0.2, 0.25) is 6.41 Å². The Balaban J connectivity index is 2.26. The van der Waals surface area contributed by atoms with E-state index < -0.39 is 0 Å². The summed E-state index contributed by atoms with van der Waals surface area (Å²) in [5, 5.41) is 2.59. The summed E-state index contributed by atoms with van der Waals surface area (Å²) in [6, 6.07) is 11.6. The number of nitrogens with one attached hydrogen (secondary N) is 1. The van der Waals surface area contributed by atoms with E-state index >= 15 is 0 Å². The highest BCUT2D eigenvalue weighted by atomic mass is 16.1. The summed E-state index contributed by atoms with van der Waals surface area (Å²) in [7, 11) is 0. The number of carbonyl (C=O) groups excluding carboxylic acids is 1. The molecule has 1 aromatic carbocycles. The first kappa shape index (κ1) is 8.56. The van der Waals surface area contributed by atoms with Gasteiger partial charge in [0.05, 0.1) is 0 Å². The van der Waals surface area contributed by atoms with E-state index in [9.17, 15) is 4.79 Å². The van der Waals surface area contributed by atoms with Crippen molar-refractivity contribution in [1.82, 2.24) is 4.57 Å². The highest BCUT2D eigenvalue weighted by molar-refractivity contribution is 5.71. The maximum absolute atomic E-state index is 10.2. The summed E-state index contributed by atoms with van der Waals surface area (Å²) in [6.07, 6.45) is 4.62. The number of amides is 1. The fraction of sp³-hybridized carbons (Fsp3) is 0. The van der Waals surface area contributed by atoms with Crippen LogP contribution in [0.5, 0.6) is 0 Å². The lowest BCUT2D eigenvalue weighted by Gasteiger charge is -2.03. The lowest BCUT2D eigenvalue weighted by Crippen LogP contribution is -1.94. The van der Waals surface area contributed by atoms with Gasteiger partial charge in [0.25, 0.3) is 0 Å². The molecule has 0 atom stereocenters. The topological polar surface area (TPSA) is 34.0 Å². The van der Waals surface area contributed by atoms with Crippen LogP contribution in [-0.2, 0) is 4.79 Å². The van der Waals surface area contributed by atoms with Gasteiger partial charge in [0.1, 0.15) is 0 Å². The van der Waals surface area contributed by atoms with Gasteiger partial charge in [-0.25, -0.2) is 0 Å². The van der Waals surface area contributed by atoms with Gasteiger partial charge in [-0.1, -0.05) is 0 Å². The van der Waals surface area contributed by atoms with Crippen LogP contribution in [0.15, 0.2) is 48.8 Å². The zero-order chi connectivity index (χ0) is 9.80. The SMILES string of the molecule is O=CNc1ccc(-n2cccc2)cc1. The van der Waals surface area contributed by atoms with Crippen LogP contribution in [0.1, 0.15) is 0 Å². The Morgan fingerprint density at radius 3 is 2.29 bits per heavy atom. The summed E-state index contributed by atoms with van der Waals surface area (Å²) in [4.78, 5) is 10.2. The second kappa shape index (κ2) is 3.79. The number of aromatic nitrogens is 1. The number of hydrogen-bond donors (Lipinski definition) is 1. The van der Waals surface area contributed by atoms with Gasteiger partial charge in [0.15, 0.2) is 0 Å². The summed E-state index contributed by atoms with van der Waals surface area (Å²) in [6.45, 7) is 0. The van der Waals surface area contributed by atoms with E-state index in [1.54, 1.807) is 0 Å². The maximum atomic E-state index is 10.2. The summed E-state index contributed by atoms with van der Waals surface area (Å²) in [5.74, 6) is 0. The Morgan fingerprint density at radius 1 is 1.07 bits per heavy atom. The number of anilines is 1. The van der Waals surface area contributed by atoms with Gasteiger partial charge in [0, 0.05) is 23.8 Å². The van der Waals surface area contributed by atoms with E-state index in [4.69, 9.17) is 0 Å². The van der Waals surface area contributed by atoms with Crippen molar-refractivity contribution in [3.63, 3.8) is 0 Å². The van der Waals surface area contributed by atoms with Crippen LogP contribution >= 0.6 is 0 Å². The van der Waals surface area contributed by atoms with E-state index in [2.05, 4.69) is 5.32 Å². The van der Waals surface area contributed by atoms with Crippen molar-refractivity contribution in [2.24, 2.45) is 0 Å². The quantitative estimate of drug-likeness (QED) is 0.731. The summed E-state index contributed by atoms with van der Waals surface area (Å²) >= 11 is 0. The molecule has 1 amide bonds. The van der Waals surface area contributed by atoms with Crippen LogP contribution in [0.25, 0.3) is 5.69 Å². The molecule has 0 radical (unpaired) electrons. The number of carbonyl (C=O) groups is 1. The molecule has 3 nitrogen and oxygen atoms in total. The molecule has 0 spiro atoms. The molecule has 0 aliphatic heterocycles. The minimum absolute atomic E-state index is 0.671. The minimum Gasteiger partial charge on any atom is -0.329 e. The van der Waals surface area contributed by atoms with Gasteiger partial charge in [-0.15, -0.1) is 0 Å². The second-order valence-corrected chi connectivity index (χ2v) is 2.90. The third-order valence-corrected chi connectivity index (χ3v) is 2.00. The maximum Gasteiger partial charge on any atom is 0.211 e. The molecule has 3 heteroatoms. The first-order chi connectivity index (χ1) is 6.90.